The van der Waals surface area contributed by atoms with E-state index in [0.29, 0.717) is 26.2 Å². The van der Waals surface area contributed by atoms with Crippen LogP contribution >= 0.6 is 11.6 Å². The molecule has 2 aliphatic rings. The van der Waals surface area contributed by atoms with E-state index in [-0.39, 0.29) is 11.8 Å². The molecule has 2 fully saturated rings. The third-order valence-electron chi connectivity index (χ3n) is 4.43. The Bertz CT molecular complexity index is 359. The topological polar surface area (TPSA) is 66.6 Å². The predicted octanol–water partition coefficient (Wildman–Crippen LogP) is 0.556. The summed E-state index contributed by atoms with van der Waals surface area (Å²) in [5, 5.41) is -0.483. The van der Waals surface area contributed by atoms with Crippen molar-refractivity contribution in [2.24, 2.45) is 5.73 Å². The zero-order valence-corrected chi connectivity index (χ0v) is 12.2. The smallest absolute Gasteiger partial charge is 0.240 e. The normalized spacial score (nSPS) is 25.3. The summed E-state index contributed by atoms with van der Waals surface area (Å²) in [6, 6.07) is 0. The lowest BCUT2D eigenvalue weighted by atomic mass is 9.93. The molecule has 2 amide bonds. The second kappa shape index (κ2) is 5.67. The number of rotatable bonds is 3. The van der Waals surface area contributed by atoms with E-state index in [0.717, 1.165) is 25.7 Å². The molecule has 0 bridgehead atoms. The van der Waals surface area contributed by atoms with Gasteiger partial charge in [-0.3, -0.25) is 14.5 Å². The van der Waals surface area contributed by atoms with Crippen molar-refractivity contribution >= 4 is 23.4 Å². The molecule has 2 N–H and O–H groups in total. The van der Waals surface area contributed by atoms with E-state index in [4.69, 9.17) is 17.3 Å². The molecule has 0 radical (unpaired) electrons. The van der Waals surface area contributed by atoms with Crippen molar-refractivity contribution in [2.75, 3.05) is 26.2 Å². The van der Waals surface area contributed by atoms with E-state index in [1.807, 2.05) is 0 Å². The quantitative estimate of drug-likeness (QED) is 0.771. The first-order chi connectivity index (χ1) is 8.97. The van der Waals surface area contributed by atoms with E-state index in [1.54, 1.807) is 11.8 Å². The number of amides is 2. The van der Waals surface area contributed by atoms with E-state index >= 15 is 0 Å². The van der Waals surface area contributed by atoms with Gasteiger partial charge >= 0.3 is 0 Å². The van der Waals surface area contributed by atoms with Crippen LogP contribution in [0.3, 0.4) is 0 Å². The van der Waals surface area contributed by atoms with Crippen molar-refractivity contribution in [1.29, 1.82) is 0 Å². The highest BCUT2D eigenvalue weighted by atomic mass is 35.5. The monoisotopic (exact) mass is 287 g/mol. The van der Waals surface area contributed by atoms with Gasteiger partial charge in [0.2, 0.25) is 11.8 Å². The Balaban J connectivity index is 1.99. The molecule has 0 spiro atoms. The molecule has 5 nitrogen and oxygen atoms in total. The van der Waals surface area contributed by atoms with Gasteiger partial charge in [0.1, 0.15) is 10.9 Å². The van der Waals surface area contributed by atoms with Gasteiger partial charge in [-0.15, -0.1) is 11.6 Å². The summed E-state index contributed by atoms with van der Waals surface area (Å²) in [6.07, 6.45) is 3.81. The van der Waals surface area contributed by atoms with Gasteiger partial charge in [0.25, 0.3) is 0 Å². The number of halogens is 1. The average molecular weight is 288 g/mol. The maximum Gasteiger partial charge on any atom is 0.240 e. The van der Waals surface area contributed by atoms with Gasteiger partial charge in [0.15, 0.2) is 0 Å². The molecule has 1 heterocycles. The number of carbonyl (C=O) groups is 2. The van der Waals surface area contributed by atoms with Gasteiger partial charge in [0, 0.05) is 26.2 Å². The largest absolute Gasteiger partial charge is 0.368 e. The van der Waals surface area contributed by atoms with Gasteiger partial charge in [-0.25, -0.2) is 0 Å². The Morgan fingerprint density at radius 2 is 1.68 bits per heavy atom. The maximum atomic E-state index is 11.8. The molecule has 2 rings (SSSR count). The SMILES string of the molecule is CC(Cl)C(=O)N1CCN(C2(C(N)=O)CCCC2)CC1. The fraction of sp³-hybridized carbons (Fsp3) is 0.846. The number of hydrogen-bond donors (Lipinski definition) is 1. The van der Waals surface area contributed by atoms with Crippen LogP contribution in [0.25, 0.3) is 0 Å². The molecule has 6 heteroatoms. The molecule has 1 saturated carbocycles. The molecular weight excluding hydrogens is 266 g/mol. The first-order valence-electron chi connectivity index (χ1n) is 6.95. The molecular formula is C13H22ClN3O2. The predicted molar refractivity (Wildman–Crippen MR) is 73.9 cm³/mol. The summed E-state index contributed by atoms with van der Waals surface area (Å²) in [5.74, 6) is -0.239. The highest BCUT2D eigenvalue weighted by Crippen LogP contribution is 2.35. The second-order valence-corrected chi connectivity index (χ2v) is 6.19. The third-order valence-corrected chi connectivity index (χ3v) is 4.61. The van der Waals surface area contributed by atoms with Crippen molar-refractivity contribution in [2.45, 2.75) is 43.5 Å². The molecule has 1 unspecified atom stereocenters. The van der Waals surface area contributed by atoms with Gasteiger partial charge in [-0.2, -0.15) is 0 Å². The second-order valence-electron chi connectivity index (χ2n) is 5.53. The first kappa shape index (κ1) is 14.6. The number of alkyl halides is 1. The number of nitrogens with two attached hydrogens (primary N) is 1. The van der Waals surface area contributed by atoms with Crippen LogP contribution in [0.5, 0.6) is 0 Å². The summed E-state index contributed by atoms with van der Waals surface area (Å²) in [6.45, 7) is 4.37. The Hall–Kier alpha value is -0.810. The Morgan fingerprint density at radius 1 is 1.16 bits per heavy atom. The molecule has 0 aromatic carbocycles. The standard InChI is InChI=1S/C13H22ClN3O2/c1-10(14)11(18)16-6-8-17(9-7-16)13(12(15)19)4-2-3-5-13/h10H,2-9H2,1H3,(H2,15,19). The fourth-order valence-electron chi connectivity index (χ4n) is 3.28. The molecule has 108 valence electrons. The van der Waals surface area contributed by atoms with Gasteiger partial charge < -0.3 is 10.6 Å². The highest BCUT2D eigenvalue weighted by molar-refractivity contribution is 6.30. The van der Waals surface area contributed by atoms with Crippen LogP contribution in [0.4, 0.5) is 0 Å². The van der Waals surface area contributed by atoms with E-state index < -0.39 is 10.9 Å². The Kier molecular flexibility index (Phi) is 4.36. The molecule has 1 atom stereocenters. The Labute approximate surface area is 119 Å². The molecule has 0 aromatic heterocycles. The molecule has 19 heavy (non-hydrogen) atoms. The van der Waals surface area contributed by atoms with Crippen LogP contribution in [0.15, 0.2) is 0 Å². The number of hydrogen-bond acceptors (Lipinski definition) is 3. The molecule has 0 aromatic rings. The number of carbonyl (C=O) groups excluding carboxylic acids is 2. The molecule has 1 aliphatic carbocycles. The highest BCUT2D eigenvalue weighted by Gasteiger charge is 2.45. The molecule has 1 saturated heterocycles. The maximum absolute atomic E-state index is 11.8. The summed E-state index contributed by atoms with van der Waals surface area (Å²) in [7, 11) is 0. The van der Waals surface area contributed by atoms with Crippen molar-refractivity contribution in [3.63, 3.8) is 0 Å². The van der Waals surface area contributed by atoms with Gasteiger partial charge in [-0.1, -0.05) is 12.8 Å². The summed E-state index contributed by atoms with van der Waals surface area (Å²) >= 11 is 5.82. The minimum absolute atomic E-state index is 0.0270. The first-order valence-corrected chi connectivity index (χ1v) is 7.39. The van der Waals surface area contributed by atoms with Gasteiger partial charge in [-0.05, 0) is 19.8 Å². The Morgan fingerprint density at radius 3 is 2.11 bits per heavy atom. The lowest BCUT2D eigenvalue weighted by Crippen LogP contribution is -2.62. The zero-order chi connectivity index (χ0) is 14.0. The summed E-state index contributed by atoms with van der Waals surface area (Å²) in [4.78, 5) is 27.6. The fourth-order valence-corrected chi connectivity index (χ4v) is 3.42. The van der Waals surface area contributed by atoms with Crippen molar-refractivity contribution in [3.05, 3.63) is 0 Å². The number of nitrogens with zero attached hydrogens (tertiary/aromatic N) is 2. The van der Waals surface area contributed by atoms with Gasteiger partial charge in [0.05, 0.1) is 0 Å². The van der Waals surface area contributed by atoms with E-state index in [9.17, 15) is 9.59 Å². The summed E-state index contributed by atoms with van der Waals surface area (Å²) in [5.41, 5.74) is 5.15. The molecule has 1 aliphatic heterocycles. The van der Waals surface area contributed by atoms with Crippen LogP contribution < -0.4 is 5.73 Å². The number of piperazine rings is 1. The lowest BCUT2D eigenvalue weighted by molar-refractivity contribution is -0.136. The lowest BCUT2D eigenvalue weighted by Gasteiger charge is -2.44. The van der Waals surface area contributed by atoms with E-state index in [2.05, 4.69) is 4.90 Å². The van der Waals surface area contributed by atoms with Crippen LogP contribution in [-0.4, -0.2) is 58.7 Å². The van der Waals surface area contributed by atoms with Crippen LogP contribution in [0, 0.1) is 0 Å². The zero-order valence-electron chi connectivity index (χ0n) is 11.4. The van der Waals surface area contributed by atoms with Crippen LogP contribution in [-0.2, 0) is 9.59 Å². The van der Waals surface area contributed by atoms with Crippen LogP contribution in [0.2, 0.25) is 0 Å². The average Bonchev–Trinajstić information content (AvgIpc) is 2.88. The number of primary amides is 1. The van der Waals surface area contributed by atoms with E-state index in [1.165, 1.54) is 0 Å². The van der Waals surface area contributed by atoms with Crippen LogP contribution in [0.1, 0.15) is 32.6 Å². The minimum atomic E-state index is -0.483. The minimum Gasteiger partial charge on any atom is -0.368 e. The summed E-state index contributed by atoms with van der Waals surface area (Å²) < 4.78 is 0. The van der Waals surface area contributed by atoms with Crippen molar-refractivity contribution < 1.29 is 9.59 Å². The third kappa shape index (κ3) is 2.72. The van der Waals surface area contributed by atoms with Crippen molar-refractivity contribution in [3.8, 4) is 0 Å². The van der Waals surface area contributed by atoms with Crippen molar-refractivity contribution in [1.82, 2.24) is 9.80 Å².